The Hall–Kier alpha value is -1.65. The molecule has 1 aliphatic rings. The van der Waals surface area contributed by atoms with E-state index < -0.39 is 12.1 Å². The van der Waals surface area contributed by atoms with Gasteiger partial charge in [0.2, 0.25) is 0 Å². The Labute approximate surface area is 170 Å². The van der Waals surface area contributed by atoms with Crippen molar-refractivity contribution in [2.45, 2.75) is 84.3 Å². The first-order valence-electron chi connectivity index (χ1n) is 10.4. The van der Waals surface area contributed by atoms with Gasteiger partial charge in [0.15, 0.2) is 0 Å². The minimum absolute atomic E-state index is 0.173. The van der Waals surface area contributed by atoms with E-state index in [-0.39, 0.29) is 11.7 Å². The van der Waals surface area contributed by atoms with Crippen LogP contribution in [0.5, 0.6) is 0 Å². The topological polar surface area (TPSA) is 66.8 Å². The van der Waals surface area contributed by atoms with Crippen LogP contribution in [0.25, 0.3) is 0 Å². The minimum atomic E-state index is -0.960. The van der Waals surface area contributed by atoms with E-state index in [4.69, 9.17) is 9.84 Å². The number of allylic oxidation sites excluding steroid dienone is 4. The molecule has 28 heavy (non-hydrogen) atoms. The van der Waals surface area contributed by atoms with E-state index in [1.807, 2.05) is 6.92 Å². The molecule has 4 heteroatoms. The first kappa shape index (κ1) is 24.4. The lowest BCUT2D eigenvalue weighted by Gasteiger charge is -2.28. The number of carbonyl (C=O) groups is 1. The van der Waals surface area contributed by atoms with Crippen molar-refractivity contribution in [2.24, 2.45) is 5.92 Å². The molecular weight excluding hydrogens is 352 g/mol. The molecule has 0 amide bonds. The Morgan fingerprint density at radius 3 is 2.32 bits per heavy atom. The zero-order valence-electron chi connectivity index (χ0n) is 17.9. The van der Waals surface area contributed by atoms with Gasteiger partial charge in [-0.15, -0.1) is 0 Å². The summed E-state index contributed by atoms with van der Waals surface area (Å²) in [5, 5.41) is 18.8. The normalized spacial score (nSPS) is 22.0. The average Bonchev–Trinajstić information content (AvgIpc) is 2.65. The molecule has 2 N–H and O–H groups in total. The van der Waals surface area contributed by atoms with Crippen molar-refractivity contribution < 1.29 is 19.7 Å². The molecule has 0 aromatic rings. The molecule has 0 spiro atoms. The summed E-state index contributed by atoms with van der Waals surface area (Å²) in [7, 11) is 0. The third kappa shape index (κ3) is 9.52. The van der Waals surface area contributed by atoms with Crippen molar-refractivity contribution in [1.82, 2.24) is 0 Å². The molecule has 1 fully saturated rings. The van der Waals surface area contributed by atoms with Gasteiger partial charge in [-0.1, -0.05) is 42.0 Å². The van der Waals surface area contributed by atoms with Gasteiger partial charge in [0.05, 0.1) is 24.4 Å². The van der Waals surface area contributed by atoms with Crippen LogP contribution < -0.4 is 0 Å². The number of rotatable bonds is 12. The zero-order valence-corrected chi connectivity index (χ0v) is 17.9. The molecule has 1 rings (SSSR count). The maximum atomic E-state index is 10.9. The van der Waals surface area contributed by atoms with Crippen LogP contribution >= 0.6 is 0 Å². The Morgan fingerprint density at radius 1 is 1.11 bits per heavy atom. The SMILES string of the molecule is C=C(C)C(O)CC/C(C)=C/CC/C(C)=C/CC[C@H]1CC[C@H](C(=C)C(=O)O)OC1. The summed E-state index contributed by atoms with van der Waals surface area (Å²) >= 11 is 0. The zero-order chi connectivity index (χ0) is 21.1. The van der Waals surface area contributed by atoms with E-state index in [0.29, 0.717) is 12.5 Å². The minimum Gasteiger partial charge on any atom is -0.478 e. The van der Waals surface area contributed by atoms with E-state index >= 15 is 0 Å². The lowest BCUT2D eigenvalue weighted by Crippen LogP contribution is -2.29. The molecule has 0 saturated carbocycles. The quantitative estimate of drug-likeness (QED) is 0.336. The summed E-state index contributed by atoms with van der Waals surface area (Å²) in [4.78, 5) is 10.9. The van der Waals surface area contributed by atoms with E-state index in [1.165, 1.54) is 11.1 Å². The number of carboxylic acid groups (broad SMARTS) is 1. The van der Waals surface area contributed by atoms with Crippen molar-refractivity contribution in [3.8, 4) is 0 Å². The van der Waals surface area contributed by atoms with Gasteiger partial charge >= 0.3 is 5.97 Å². The largest absolute Gasteiger partial charge is 0.478 e. The molecule has 1 heterocycles. The third-order valence-electron chi connectivity index (χ3n) is 5.51. The highest BCUT2D eigenvalue weighted by molar-refractivity contribution is 5.86. The second-order valence-electron chi connectivity index (χ2n) is 8.21. The van der Waals surface area contributed by atoms with Crippen LogP contribution in [0.1, 0.15) is 72.1 Å². The van der Waals surface area contributed by atoms with Crippen molar-refractivity contribution >= 4 is 5.97 Å². The Balaban J connectivity index is 2.22. The fourth-order valence-corrected chi connectivity index (χ4v) is 3.37. The summed E-state index contributed by atoms with van der Waals surface area (Å²) in [6, 6.07) is 0. The average molecular weight is 391 g/mol. The fourth-order valence-electron chi connectivity index (χ4n) is 3.37. The smallest absolute Gasteiger partial charge is 0.333 e. The van der Waals surface area contributed by atoms with Crippen molar-refractivity contribution in [3.63, 3.8) is 0 Å². The van der Waals surface area contributed by atoms with Gasteiger partial charge in [-0.05, 0) is 78.1 Å². The van der Waals surface area contributed by atoms with Gasteiger partial charge in [-0.25, -0.2) is 4.79 Å². The highest BCUT2D eigenvalue weighted by Gasteiger charge is 2.26. The Morgan fingerprint density at radius 2 is 1.75 bits per heavy atom. The van der Waals surface area contributed by atoms with Gasteiger partial charge in [0.25, 0.3) is 0 Å². The summed E-state index contributed by atoms with van der Waals surface area (Å²) < 4.78 is 5.68. The predicted molar refractivity (Wildman–Crippen MR) is 115 cm³/mol. The third-order valence-corrected chi connectivity index (χ3v) is 5.51. The maximum Gasteiger partial charge on any atom is 0.333 e. The van der Waals surface area contributed by atoms with Crippen molar-refractivity contribution in [2.75, 3.05) is 6.61 Å². The Kier molecular flexibility index (Phi) is 11.1. The molecule has 0 aromatic heterocycles. The van der Waals surface area contributed by atoms with Crippen molar-refractivity contribution in [1.29, 1.82) is 0 Å². The highest BCUT2D eigenvalue weighted by Crippen LogP contribution is 2.26. The van der Waals surface area contributed by atoms with Gasteiger partial charge in [0.1, 0.15) is 0 Å². The van der Waals surface area contributed by atoms with Crippen LogP contribution in [0.15, 0.2) is 47.6 Å². The van der Waals surface area contributed by atoms with Crippen LogP contribution in [-0.4, -0.2) is 35.0 Å². The summed E-state index contributed by atoms with van der Waals surface area (Å²) in [6.07, 6.45) is 11.5. The predicted octanol–water partition coefficient (Wildman–Crippen LogP) is 5.59. The van der Waals surface area contributed by atoms with Gasteiger partial charge in [-0.3, -0.25) is 0 Å². The number of hydrogen-bond donors (Lipinski definition) is 2. The number of carboxylic acids is 1. The second kappa shape index (κ2) is 12.7. The molecule has 4 nitrogen and oxygen atoms in total. The van der Waals surface area contributed by atoms with E-state index in [1.54, 1.807) is 0 Å². The highest BCUT2D eigenvalue weighted by atomic mass is 16.5. The molecule has 0 bridgehead atoms. The molecule has 0 radical (unpaired) electrons. The number of ether oxygens (including phenoxy) is 1. The lowest BCUT2D eigenvalue weighted by molar-refractivity contribution is -0.134. The molecule has 0 aromatic carbocycles. The fraction of sp³-hybridized carbons (Fsp3) is 0.625. The van der Waals surface area contributed by atoms with Gasteiger partial charge < -0.3 is 14.9 Å². The first-order chi connectivity index (χ1) is 13.2. The van der Waals surface area contributed by atoms with E-state index in [2.05, 4.69) is 39.2 Å². The Bertz CT molecular complexity index is 592. The van der Waals surface area contributed by atoms with E-state index in [9.17, 15) is 9.90 Å². The molecule has 1 unspecified atom stereocenters. The summed E-state index contributed by atoms with van der Waals surface area (Å²) in [5.41, 5.74) is 3.73. The van der Waals surface area contributed by atoms with Gasteiger partial charge in [-0.2, -0.15) is 0 Å². The number of aliphatic hydroxyl groups excluding tert-OH is 1. The summed E-state index contributed by atoms with van der Waals surface area (Å²) in [6.45, 7) is 14.2. The number of aliphatic hydroxyl groups is 1. The first-order valence-corrected chi connectivity index (χ1v) is 10.4. The number of hydrogen-bond acceptors (Lipinski definition) is 3. The monoisotopic (exact) mass is 390 g/mol. The standard InChI is InChI=1S/C24H38O4/c1-17(2)22(25)14-12-19(4)9-6-8-18(3)10-7-11-21-13-15-23(28-16-21)20(5)24(26)27/h9-10,21-23,25H,1,5-8,11-16H2,2-4H3,(H,26,27)/b18-10+,19-9+/t21-,22?,23+/m0/s1. The van der Waals surface area contributed by atoms with Crippen LogP contribution in [-0.2, 0) is 9.53 Å². The van der Waals surface area contributed by atoms with Crippen LogP contribution in [0.3, 0.4) is 0 Å². The second-order valence-corrected chi connectivity index (χ2v) is 8.21. The molecule has 158 valence electrons. The number of aliphatic carboxylic acids is 1. The van der Waals surface area contributed by atoms with Crippen LogP contribution in [0, 0.1) is 5.92 Å². The molecule has 1 aliphatic heterocycles. The maximum absolute atomic E-state index is 10.9. The molecule has 3 atom stereocenters. The lowest BCUT2D eigenvalue weighted by atomic mass is 9.91. The van der Waals surface area contributed by atoms with Gasteiger partial charge in [0, 0.05) is 0 Å². The molecule has 1 saturated heterocycles. The van der Waals surface area contributed by atoms with Crippen molar-refractivity contribution in [3.05, 3.63) is 47.6 Å². The van der Waals surface area contributed by atoms with E-state index in [0.717, 1.165) is 56.9 Å². The molecular formula is C24H38O4. The van der Waals surface area contributed by atoms with Crippen LogP contribution in [0.4, 0.5) is 0 Å². The summed E-state index contributed by atoms with van der Waals surface area (Å²) in [5.74, 6) is -0.456. The molecule has 0 aliphatic carbocycles. The van der Waals surface area contributed by atoms with Crippen LogP contribution in [0.2, 0.25) is 0 Å².